The second-order valence-electron chi connectivity index (χ2n) is 6.98. The van der Waals surface area contributed by atoms with Crippen LogP contribution in [0.25, 0.3) is 0 Å². The van der Waals surface area contributed by atoms with E-state index in [0.29, 0.717) is 29.8 Å². The molecule has 1 unspecified atom stereocenters. The standard InChI is InChI=1S/C21H18ClF3N2O2/c22-15-4-1-3-14(11-15)6-9-20(29)8-2-5-16(12-20)27-19(28)17-13-26-10-7-18(17)21(23,24)25/h1,3-4,7,10-11,13,16,29H,2,5,8,12H2,(H,27,28)/t16-,20?/m0/s1. The van der Waals surface area contributed by atoms with Crippen LogP contribution in [0.1, 0.15) is 47.2 Å². The molecule has 29 heavy (non-hydrogen) atoms. The number of carbonyl (C=O) groups excluding carboxylic acids is 1. The lowest BCUT2D eigenvalue weighted by molar-refractivity contribution is -0.138. The van der Waals surface area contributed by atoms with Crippen LogP contribution in [0.5, 0.6) is 0 Å². The lowest BCUT2D eigenvalue weighted by Gasteiger charge is -2.33. The van der Waals surface area contributed by atoms with Crippen molar-refractivity contribution in [3.63, 3.8) is 0 Å². The van der Waals surface area contributed by atoms with Gasteiger partial charge in [-0.1, -0.05) is 29.5 Å². The fourth-order valence-electron chi connectivity index (χ4n) is 3.33. The minimum atomic E-state index is -4.66. The maximum absolute atomic E-state index is 13.1. The van der Waals surface area contributed by atoms with Gasteiger partial charge in [0, 0.05) is 35.4 Å². The molecule has 2 aromatic rings. The van der Waals surface area contributed by atoms with E-state index in [9.17, 15) is 23.1 Å². The van der Waals surface area contributed by atoms with Crippen LogP contribution in [0, 0.1) is 11.8 Å². The highest BCUT2D eigenvalue weighted by atomic mass is 35.5. The molecule has 0 aliphatic heterocycles. The first-order valence-electron chi connectivity index (χ1n) is 8.99. The van der Waals surface area contributed by atoms with Crippen molar-refractivity contribution in [3.8, 4) is 11.8 Å². The molecule has 1 fully saturated rings. The Kier molecular flexibility index (Phi) is 6.15. The zero-order valence-electron chi connectivity index (χ0n) is 15.3. The second-order valence-corrected chi connectivity index (χ2v) is 7.41. The van der Waals surface area contributed by atoms with Gasteiger partial charge in [-0.3, -0.25) is 9.78 Å². The Hall–Kier alpha value is -2.56. The lowest BCUT2D eigenvalue weighted by Crippen LogP contribution is -2.45. The summed E-state index contributed by atoms with van der Waals surface area (Å²) in [7, 11) is 0. The van der Waals surface area contributed by atoms with E-state index in [-0.39, 0.29) is 6.42 Å². The summed E-state index contributed by atoms with van der Waals surface area (Å²) in [6.07, 6.45) is -1.14. The Bertz CT molecular complexity index is 968. The summed E-state index contributed by atoms with van der Waals surface area (Å²) in [5, 5.41) is 13.9. The van der Waals surface area contributed by atoms with Crippen molar-refractivity contribution >= 4 is 17.5 Å². The summed E-state index contributed by atoms with van der Waals surface area (Å²) in [6.45, 7) is 0. The number of rotatable bonds is 2. The zero-order valence-corrected chi connectivity index (χ0v) is 16.0. The predicted molar refractivity (Wildman–Crippen MR) is 102 cm³/mol. The van der Waals surface area contributed by atoms with Crippen molar-refractivity contribution in [2.24, 2.45) is 0 Å². The summed E-state index contributed by atoms with van der Waals surface area (Å²) in [5.41, 5.74) is -2.29. The van der Waals surface area contributed by atoms with E-state index in [4.69, 9.17) is 11.6 Å². The van der Waals surface area contributed by atoms with Gasteiger partial charge in [0.2, 0.25) is 0 Å². The van der Waals surface area contributed by atoms with Gasteiger partial charge in [0.1, 0.15) is 5.60 Å². The third-order valence-corrected chi connectivity index (χ3v) is 4.93. The largest absolute Gasteiger partial charge is 0.417 e. The number of nitrogens with zero attached hydrogens (tertiary/aromatic N) is 1. The first-order valence-corrected chi connectivity index (χ1v) is 9.37. The summed E-state index contributed by atoms with van der Waals surface area (Å²) in [4.78, 5) is 16.1. The van der Waals surface area contributed by atoms with Crippen molar-refractivity contribution in [1.29, 1.82) is 0 Å². The third-order valence-electron chi connectivity index (χ3n) is 4.70. The Labute approximate surface area is 171 Å². The maximum atomic E-state index is 13.1. The molecule has 2 N–H and O–H groups in total. The highest BCUT2D eigenvalue weighted by molar-refractivity contribution is 6.30. The highest BCUT2D eigenvalue weighted by Gasteiger charge is 2.37. The average molecular weight is 423 g/mol. The van der Waals surface area contributed by atoms with Gasteiger partial charge >= 0.3 is 6.18 Å². The van der Waals surface area contributed by atoms with E-state index < -0.39 is 34.9 Å². The molecule has 1 aliphatic rings. The number of alkyl halides is 3. The summed E-state index contributed by atoms with van der Waals surface area (Å²) in [5.74, 6) is 4.83. The number of hydrogen-bond donors (Lipinski definition) is 2. The van der Waals surface area contributed by atoms with Gasteiger partial charge < -0.3 is 10.4 Å². The molecule has 8 heteroatoms. The number of carbonyl (C=O) groups is 1. The minimum Gasteiger partial charge on any atom is -0.378 e. The number of halogens is 4. The van der Waals surface area contributed by atoms with E-state index in [0.717, 1.165) is 18.5 Å². The minimum absolute atomic E-state index is 0.119. The summed E-state index contributed by atoms with van der Waals surface area (Å²) in [6, 6.07) is 7.14. The van der Waals surface area contributed by atoms with E-state index in [1.54, 1.807) is 24.3 Å². The van der Waals surface area contributed by atoms with E-state index in [1.807, 2.05) is 0 Å². The second kappa shape index (κ2) is 8.44. The Morgan fingerprint density at radius 2 is 2.14 bits per heavy atom. The zero-order chi connectivity index (χ0) is 21.1. The fourth-order valence-corrected chi connectivity index (χ4v) is 3.52. The first-order chi connectivity index (χ1) is 13.7. The van der Waals surface area contributed by atoms with Crippen LogP contribution in [0.2, 0.25) is 5.02 Å². The monoisotopic (exact) mass is 422 g/mol. The van der Waals surface area contributed by atoms with Gasteiger partial charge in [-0.15, -0.1) is 0 Å². The first kappa shape index (κ1) is 21.2. The molecule has 0 bridgehead atoms. The Morgan fingerprint density at radius 3 is 2.86 bits per heavy atom. The van der Waals surface area contributed by atoms with Gasteiger partial charge in [-0.25, -0.2) is 0 Å². The smallest absolute Gasteiger partial charge is 0.378 e. The van der Waals surface area contributed by atoms with Crippen LogP contribution in [-0.4, -0.2) is 27.6 Å². The molecular weight excluding hydrogens is 405 g/mol. The number of aliphatic hydroxyl groups is 1. The van der Waals surface area contributed by atoms with Crippen LogP contribution < -0.4 is 5.32 Å². The highest BCUT2D eigenvalue weighted by Crippen LogP contribution is 2.32. The number of pyridine rings is 1. The summed E-state index contributed by atoms with van der Waals surface area (Å²) >= 11 is 5.92. The number of hydrogen-bond acceptors (Lipinski definition) is 3. The molecule has 1 aromatic carbocycles. The van der Waals surface area contributed by atoms with Gasteiger partial charge in [-0.2, -0.15) is 13.2 Å². The van der Waals surface area contributed by atoms with Crippen molar-refractivity contribution in [2.45, 2.75) is 43.5 Å². The number of amides is 1. The normalized spacial score (nSPS) is 21.8. The van der Waals surface area contributed by atoms with Crippen LogP contribution in [0.15, 0.2) is 42.7 Å². The van der Waals surface area contributed by atoms with Gasteiger partial charge in [-0.05, 0) is 43.5 Å². The van der Waals surface area contributed by atoms with Crippen LogP contribution in [-0.2, 0) is 6.18 Å². The van der Waals surface area contributed by atoms with Gasteiger partial charge in [0.05, 0.1) is 11.1 Å². The van der Waals surface area contributed by atoms with Crippen molar-refractivity contribution in [1.82, 2.24) is 10.3 Å². The molecule has 152 valence electrons. The molecule has 1 heterocycles. The van der Waals surface area contributed by atoms with Crippen molar-refractivity contribution in [2.75, 3.05) is 0 Å². The molecule has 1 saturated carbocycles. The molecule has 4 nitrogen and oxygen atoms in total. The topological polar surface area (TPSA) is 62.2 Å². The van der Waals surface area contributed by atoms with E-state index in [2.05, 4.69) is 22.1 Å². The van der Waals surface area contributed by atoms with Crippen LogP contribution in [0.3, 0.4) is 0 Å². The summed E-state index contributed by atoms with van der Waals surface area (Å²) < 4.78 is 39.4. The third kappa shape index (κ3) is 5.49. The molecular formula is C21H18ClF3N2O2. The SMILES string of the molecule is O=C(N[C@H]1CCCC(O)(C#Cc2cccc(Cl)c2)C1)c1cnccc1C(F)(F)F. The molecule has 0 radical (unpaired) electrons. The maximum Gasteiger partial charge on any atom is 0.417 e. The van der Waals surface area contributed by atoms with Crippen molar-refractivity contribution < 1.29 is 23.1 Å². The van der Waals surface area contributed by atoms with E-state index >= 15 is 0 Å². The molecule has 1 aromatic heterocycles. The Morgan fingerprint density at radius 1 is 1.34 bits per heavy atom. The predicted octanol–water partition coefficient (Wildman–Crippen LogP) is 4.21. The fraction of sp³-hybridized carbons (Fsp3) is 0.333. The molecule has 0 spiro atoms. The average Bonchev–Trinajstić information content (AvgIpc) is 2.66. The molecule has 3 rings (SSSR count). The number of benzene rings is 1. The quantitative estimate of drug-likeness (QED) is 0.713. The van der Waals surface area contributed by atoms with E-state index in [1.165, 1.54) is 0 Å². The molecule has 2 atom stereocenters. The van der Waals surface area contributed by atoms with Gasteiger partial charge in [0.25, 0.3) is 5.91 Å². The lowest BCUT2D eigenvalue weighted by atomic mass is 9.82. The van der Waals surface area contributed by atoms with Crippen molar-refractivity contribution in [3.05, 3.63) is 64.4 Å². The Balaban J connectivity index is 1.73. The molecule has 1 amide bonds. The molecule has 1 aliphatic carbocycles. The van der Waals surface area contributed by atoms with Gasteiger partial charge in [0.15, 0.2) is 0 Å². The number of aromatic nitrogens is 1. The number of nitrogens with one attached hydrogen (secondary N) is 1. The van der Waals surface area contributed by atoms with Crippen LogP contribution in [0.4, 0.5) is 13.2 Å². The molecule has 0 saturated heterocycles. The van der Waals surface area contributed by atoms with Crippen LogP contribution >= 0.6 is 11.6 Å².